The van der Waals surface area contributed by atoms with Gasteiger partial charge in [-0.05, 0) is 63.4 Å². The molecular weight excluding hydrogens is 376 g/mol. The average Bonchev–Trinajstić information content (AvgIpc) is 3.00. The summed E-state index contributed by atoms with van der Waals surface area (Å²) in [5.41, 5.74) is 3.32. The molecule has 0 bridgehead atoms. The summed E-state index contributed by atoms with van der Waals surface area (Å²) < 4.78 is 4.88. The molecule has 0 aliphatic rings. The van der Waals surface area contributed by atoms with Crippen molar-refractivity contribution in [2.45, 2.75) is 34.6 Å². The molecule has 1 N–H and O–H groups in total. The molecule has 0 spiro atoms. The average molecular weight is 403 g/mol. The third-order valence-corrected chi connectivity index (χ3v) is 5.97. The van der Waals surface area contributed by atoms with Crippen LogP contribution in [0.2, 0.25) is 0 Å². The molecule has 150 valence electrons. The first kappa shape index (κ1) is 21.6. The first-order valence-corrected chi connectivity index (χ1v) is 9.96. The quantitative estimate of drug-likeness (QED) is 0.735. The molecule has 0 fully saturated rings. The normalized spacial score (nSPS) is 10.5. The van der Waals surface area contributed by atoms with Crippen molar-refractivity contribution in [3.63, 3.8) is 0 Å². The fourth-order valence-corrected chi connectivity index (χ4v) is 4.02. The number of hydrogen-bond acceptors (Lipinski definition) is 5. The van der Waals surface area contributed by atoms with Crippen molar-refractivity contribution < 1.29 is 19.1 Å². The number of anilines is 1. The number of thiophene rings is 1. The molecule has 1 heterocycles. The van der Waals surface area contributed by atoms with Crippen molar-refractivity contribution in [3.05, 3.63) is 50.9 Å². The highest BCUT2D eigenvalue weighted by atomic mass is 32.1. The Labute approximate surface area is 169 Å². The zero-order valence-electron chi connectivity index (χ0n) is 17.1. The number of benzene rings is 1. The maximum Gasteiger partial charge on any atom is 0.341 e. The third kappa shape index (κ3) is 4.25. The van der Waals surface area contributed by atoms with Crippen LogP contribution in [0.15, 0.2) is 18.2 Å². The number of nitrogens with one attached hydrogen (secondary N) is 1. The van der Waals surface area contributed by atoms with Gasteiger partial charge in [0, 0.05) is 18.7 Å². The molecule has 2 aromatic rings. The summed E-state index contributed by atoms with van der Waals surface area (Å²) in [5, 5.41) is 3.11. The van der Waals surface area contributed by atoms with Crippen LogP contribution in [-0.4, -0.2) is 42.9 Å². The number of methoxy groups -OCH3 is 1. The van der Waals surface area contributed by atoms with E-state index in [9.17, 15) is 14.4 Å². The zero-order chi connectivity index (χ0) is 21.0. The molecule has 1 aromatic heterocycles. The Morgan fingerprint density at radius 2 is 1.71 bits per heavy atom. The largest absolute Gasteiger partial charge is 0.465 e. The van der Waals surface area contributed by atoms with Crippen molar-refractivity contribution in [2.75, 3.05) is 25.5 Å². The van der Waals surface area contributed by atoms with E-state index in [-0.39, 0.29) is 17.4 Å². The maximum atomic E-state index is 12.8. The van der Waals surface area contributed by atoms with E-state index in [1.54, 1.807) is 24.0 Å². The highest BCUT2D eigenvalue weighted by Crippen LogP contribution is 2.35. The van der Waals surface area contributed by atoms with Gasteiger partial charge in [0.15, 0.2) is 0 Å². The van der Waals surface area contributed by atoms with Gasteiger partial charge < -0.3 is 15.0 Å². The molecule has 0 aliphatic heterocycles. The summed E-state index contributed by atoms with van der Waals surface area (Å²) in [6.45, 7) is 10.5. The van der Waals surface area contributed by atoms with Crippen LogP contribution in [0.1, 0.15) is 60.9 Å². The number of nitrogens with zero attached hydrogens (tertiary/aromatic N) is 1. The van der Waals surface area contributed by atoms with Gasteiger partial charge in [-0.15, -0.1) is 11.3 Å². The van der Waals surface area contributed by atoms with Crippen LogP contribution in [0.5, 0.6) is 0 Å². The highest BCUT2D eigenvalue weighted by Gasteiger charge is 2.28. The number of carbonyl (C=O) groups is 3. The fraction of sp³-hybridized carbons (Fsp3) is 0.381. The number of ether oxygens (including phenoxy) is 1. The molecule has 28 heavy (non-hydrogen) atoms. The molecule has 2 amide bonds. The van der Waals surface area contributed by atoms with Gasteiger partial charge in [0.2, 0.25) is 0 Å². The lowest BCUT2D eigenvalue weighted by atomic mass is 10.1. The van der Waals surface area contributed by atoms with Gasteiger partial charge in [-0.3, -0.25) is 9.59 Å². The predicted molar refractivity (Wildman–Crippen MR) is 112 cm³/mol. The molecule has 0 saturated carbocycles. The molecule has 0 aliphatic carbocycles. The highest BCUT2D eigenvalue weighted by molar-refractivity contribution is 7.18. The Morgan fingerprint density at radius 1 is 1.07 bits per heavy atom. The summed E-state index contributed by atoms with van der Waals surface area (Å²) >= 11 is 1.10. The molecule has 6 nitrogen and oxygen atoms in total. The molecule has 2 rings (SSSR count). The molecule has 0 atom stereocenters. The van der Waals surface area contributed by atoms with Crippen molar-refractivity contribution in [1.82, 2.24) is 4.90 Å². The monoisotopic (exact) mass is 402 g/mol. The molecule has 0 saturated heterocycles. The summed E-state index contributed by atoms with van der Waals surface area (Å²) in [6, 6.07) is 5.41. The van der Waals surface area contributed by atoms with E-state index in [1.807, 2.05) is 33.8 Å². The summed E-state index contributed by atoms with van der Waals surface area (Å²) in [4.78, 5) is 40.0. The summed E-state index contributed by atoms with van der Waals surface area (Å²) in [6.07, 6.45) is 0. The Balaban J connectivity index is 2.46. The van der Waals surface area contributed by atoms with Crippen molar-refractivity contribution >= 4 is 34.1 Å². The lowest BCUT2D eigenvalue weighted by Gasteiger charge is -2.17. The van der Waals surface area contributed by atoms with E-state index < -0.39 is 5.97 Å². The van der Waals surface area contributed by atoms with Gasteiger partial charge >= 0.3 is 5.97 Å². The van der Waals surface area contributed by atoms with Gasteiger partial charge in [-0.2, -0.15) is 0 Å². The standard InChI is InChI=1S/C21H26N2O4S/c1-7-23(8-2)20(25)17-14(5)16(21(26)27-6)19(28-17)22-18(24)15-10-9-12(3)13(4)11-15/h9-11H,7-8H2,1-6H3,(H,22,24). The number of amides is 2. The fourth-order valence-electron chi connectivity index (χ4n) is 2.87. The van der Waals surface area contributed by atoms with Gasteiger partial charge in [0.25, 0.3) is 11.8 Å². The van der Waals surface area contributed by atoms with E-state index in [1.165, 1.54) is 7.11 Å². The van der Waals surface area contributed by atoms with Crippen LogP contribution in [0.4, 0.5) is 5.00 Å². The van der Waals surface area contributed by atoms with Crippen LogP contribution in [-0.2, 0) is 4.74 Å². The van der Waals surface area contributed by atoms with Gasteiger partial charge in [-0.1, -0.05) is 6.07 Å². The number of hydrogen-bond donors (Lipinski definition) is 1. The summed E-state index contributed by atoms with van der Waals surface area (Å²) in [7, 11) is 1.28. The van der Waals surface area contributed by atoms with Crippen LogP contribution < -0.4 is 5.32 Å². The SMILES string of the molecule is CCN(CC)C(=O)c1sc(NC(=O)c2ccc(C)c(C)c2)c(C(=O)OC)c1C. The maximum absolute atomic E-state index is 12.8. The third-order valence-electron chi connectivity index (χ3n) is 4.78. The second-order valence-electron chi connectivity index (χ2n) is 6.48. The molecule has 0 unspecified atom stereocenters. The minimum Gasteiger partial charge on any atom is -0.465 e. The number of carbonyl (C=O) groups excluding carboxylic acids is 3. The Bertz CT molecular complexity index is 913. The van der Waals surface area contributed by atoms with E-state index in [4.69, 9.17) is 4.74 Å². The topological polar surface area (TPSA) is 75.7 Å². The first-order chi connectivity index (χ1) is 13.2. The molecular formula is C21H26N2O4S. The van der Waals surface area contributed by atoms with Crippen LogP contribution in [0, 0.1) is 20.8 Å². The molecule has 1 aromatic carbocycles. The van der Waals surface area contributed by atoms with Crippen molar-refractivity contribution in [1.29, 1.82) is 0 Å². The minimum absolute atomic E-state index is 0.163. The van der Waals surface area contributed by atoms with Crippen molar-refractivity contribution in [2.24, 2.45) is 0 Å². The van der Waals surface area contributed by atoms with E-state index in [0.717, 1.165) is 22.5 Å². The smallest absolute Gasteiger partial charge is 0.341 e. The van der Waals surface area contributed by atoms with E-state index in [2.05, 4.69) is 5.32 Å². The van der Waals surface area contributed by atoms with Gasteiger partial charge in [-0.25, -0.2) is 4.79 Å². The molecule has 7 heteroatoms. The molecule has 0 radical (unpaired) electrons. The Hall–Kier alpha value is -2.67. The first-order valence-electron chi connectivity index (χ1n) is 9.14. The Kier molecular flexibility index (Phi) is 6.96. The van der Waals surface area contributed by atoms with Crippen LogP contribution >= 0.6 is 11.3 Å². The second kappa shape index (κ2) is 9.01. The van der Waals surface area contributed by atoms with Gasteiger partial charge in [0.1, 0.15) is 5.00 Å². The summed E-state index contributed by atoms with van der Waals surface area (Å²) in [5.74, 6) is -1.08. The lowest BCUT2D eigenvalue weighted by Crippen LogP contribution is -2.30. The lowest BCUT2D eigenvalue weighted by molar-refractivity contribution is 0.0601. The van der Waals surface area contributed by atoms with Crippen molar-refractivity contribution in [3.8, 4) is 0 Å². The second-order valence-corrected chi connectivity index (χ2v) is 7.50. The number of esters is 1. The minimum atomic E-state index is -0.581. The Morgan fingerprint density at radius 3 is 2.25 bits per heavy atom. The van der Waals surface area contributed by atoms with Gasteiger partial charge in [0.05, 0.1) is 17.6 Å². The van der Waals surface area contributed by atoms with E-state index >= 15 is 0 Å². The number of aryl methyl sites for hydroxylation is 2. The van der Waals surface area contributed by atoms with E-state index in [0.29, 0.717) is 34.1 Å². The zero-order valence-corrected chi connectivity index (χ0v) is 18.0. The predicted octanol–water partition coefficient (Wildman–Crippen LogP) is 4.19. The number of rotatable bonds is 6. The van der Waals surface area contributed by atoms with Crippen LogP contribution in [0.25, 0.3) is 0 Å². The van der Waals surface area contributed by atoms with Crippen LogP contribution in [0.3, 0.4) is 0 Å².